The van der Waals surface area contributed by atoms with Crippen LogP contribution in [0.25, 0.3) is 0 Å². The number of hydrogen-bond acceptors (Lipinski definition) is 3. The van der Waals surface area contributed by atoms with Gasteiger partial charge in [0.05, 0.1) is 0 Å². The van der Waals surface area contributed by atoms with Crippen LogP contribution in [0.3, 0.4) is 0 Å². The van der Waals surface area contributed by atoms with E-state index < -0.39 is 0 Å². The Hall–Kier alpha value is -3.07. The standard InChI is InChI=1S/C22H19NO2/c24-21(17-8-3-1-4-9-17)14-20(19-12-7-13-23-16-19)15-22(25)18-10-5-2-6-11-18/h1-13,16,20H,14-15H2. The summed E-state index contributed by atoms with van der Waals surface area (Å²) in [6.07, 6.45) is 4.00. The number of nitrogens with zero attached hydrogens (tertiary/aromatic N) is 1. The SMILES string of the molecule is O=C(CC(CC(=O)c1ccccc1)c1cccnc1)c1ccccc1. The molecule has 0 aliphatic carbocycles. The smallest absolute Gasteiger partial charge is 0.163 e. The molecule has 3 rings (SSSR count). The summed E-state index contributed by atoms with van der Waals surface area (Å²) >= 11 is 0. The molecule has 1 aromatic heterocycles. The topological polar surface area (TPSA) is 47.0 Å². The van der Waals surface area contributed by atoms with Crippen molar-refractivity contribution in [1.29, 1.82) is 0 Å². The normalized spacial score (nSPS) is 10.6. The number of ketones is 2. The maximum Gasteiger partial charge on any atom is 0.163 e. The molecule has 0 fully saturated rings. The molecule has 3 heteroatoms. The van der Waals surface area contributed by atoms with Crippen LogP contribution < -0.4 is 0 Å². The first kappa shape index (κ1) is 16.8. The van der Waals surface area contributed by atoms with Gasteiger partial charge in [-0.25, -0.2) is 0 Å². The Morgan fingerprint density at radius 1 is 0.720 bits per heavy atom. The van der Waals surface area contributed by atoms with E-state index in [1.54, 1.807) is 12.4 Å². The predicted molar refractivity (Wildman–Crippen MR) is 97.8 cm³/mol. The summed E-state index contributed by atoms with van der Waals surface area (Å²) in [5.41, 5.74) is 2.25. The van der Waals surface area contributed by atoms with E-state index in [0.29, 0.717) is 11.1 Å². The van der Waals surface area contributed by atoms with Crippen molar-refractivity contribution in [2.75, 3.05) is 0 Å². The fourth-order valence-electron chi connectivity index (χ4n) is 2.86. The molecule has 2 aromatic carbocycles. The van der Waals surface area contributed by atoms with Crippen molar-refractivity contribution in [1.82, 2.24) is 4.98 Å². The molecule has 3 nitrogen and oxygen atoms in total. The first-order chi connectivity index (χ1) is 12.2. The van der Waals surface area contributed by atoms with Crippen molar-refractivity contribution in [2.24, 2.45) is 0 Å². The number of hydrogen-bond donors (Lipinski definition) is 0. The molecule has 124 valence electrons. The number of rotatable bonds is 7. The van der Waals surface area contributed by atoms with E-state index in [-0.39, 0.29) is 30.3 Å². The van der Waals surface area contributed by atoms with Crippen LogP contribution in [-0.2, 0) is 0 Å². The highest BCUT2D eigenvalue weighted by molar-refractivity contribution is 5.99. The van der Waals surface area contributed by atoms with Gasteiger partial charge >= 0.3 is 0 Å². The third-order valence-corrected chi connectivity index (χ3v) is 4.21. The predicted octanol–water partition coefficient (Wildman–Crippen LogP) is 4.71. The molecule has 0 bridgehead atoms. The number of aromatic nitrogens is 1. The molecular formula is C22H19NO2. The highest BCUT2D eigenvalue weighted by atomic mass is 16.1. The molecule has 0 radical (unpaired) electrons. The van der Waals surface area contributed by atoms with Crippen molar-refractivity contribution in [2.45, 2.75) is 18.8 Å². The van der Waals surface area contributed by atoms with Crippen LogP contribution in [0.4, 0.5) is 0 Å². The second-order valence-corrected chi connectivity index (χ2v) is 5.97. The number of pyridine rings is 1. The summed E-state index contributed by atoms with van der Waals surface area (Å²) < 4.78 is 0. The molecular weight excluding hydrogens is 310 g/mol. The zero-order chi connectivity index (χ0) is 17.5. The Labute approximate surface area is 147 Å². The maximum atomic E-state index is 12.6. The average molecular weight is 329 g/mol. The van der Waals surface area contributed by atoms with Crippen LogP contribution in [0, 0.1) is 0 Å². The van der Waals surface area contributed by atoms with Crippen molar-refractivity contribution in [3.63, 3.8) is 0 Å². The lowest BCUT2D eigenvalue weighted by Crippen LogP contribution is -2.13. The van der Waals surface area contributed by atoms with Crippen molar-refractivity contribution < 1.29 is 9.59 Å². The minimum Gasteiger partial charge on any atom is -0.294 e. The zero-order valence-corrected chi connectivity index (χ0v) is 13.8. The largest absolute Gasteiger partial charge is 0.294 e. The van der Waals surface area contributed by atoms with E-state index >= 15 is 0 Å². The highest BCUT2D eigenvalue weighted by Crippen LogP contribution is 2.26. The third kappa shape index (κ3) is 4.48. The summed E-state index contributed by atoms with van der Waals surface area (Å²) in [6.45, 7) is 0. The molecule has 0 saturated heterocycles. The summed E-state index contributed by atoms with van der Waals surface area (Å²) in [7, 11) is 0. The van der Waals surface area contributed by atoms with E-state index in [4.69, 9.17) is 0 Å². The summed E-state index contributed by atoms with van der Waals surface area (Å²) in [5.74, 6) is -0.111. The summed E-state index contributed by atoms with van der Waals surface area (Å²) in [4.78, 5) is 29.4. The van der Waals surface area contributed by atoms with Gasteiger partial charge in [-0.05, 0) is 17.5 Å². The van der Waals surface area contributed by atoms with E-state index in [1.165, 1.54) is 0 Å². The fourth-order valence-corrected chi connectivity index (χ4v) is 2.86. The van der Waals surface area contributed by atoms with Gasteiger partial charge in [-0.15, -0.1) is 0 Å². The van der Waals surface area contributed by atoms with Gasteiger partial charge < -0.3 is 0 Å². The maximum absolute atomic E-state index is 12.6. The lowest BCUT2D eigenvalue weighted by Gasteiger charge is -2.16. The molecule has 3 aromatic rings. The van der Waals surface area contributed by atoms with Crippen LogP contribution in [0.5, 0.6) is 0 Å². The molecule has 0 aliphatic rings. The first-order valence-corrected chi connectivity index (χ1v) is 8.30. The number of carbonyl (C=O) groups excluding carboxylic acids is 2. The average Bonchev–Trinajstić information content (AvgIpc) is 2.69. The van der Waals surface area contributed by atoms with Gasteiger partial charge in [0.1, 0.15) is 0 Å². The van der Waals surface area contributed by atoms with E-state index in [0.717, 1.165) is 5.56 Å². The Kier molecular flexibility index (Phi) is 5.47. The third-order valence-electron chi connectivity index (χ3n) is 4.21. The fraction of sp³-hybridized carbons (Fsp3) is 0.136. The number of Topliss-reactive ketones (excluding diaryl/α,β-unsaturated/α-hetero) is 2. The van der Waals surface area contributed by atoms with Gasteiger partial charge in [0.15, 0.2) is 11.6 Å². The molecule has 25 heavy (non-hydrogen) atoms. The minimum atomic E-state index is -0.186. The van der Waals surface area contributed by atoms with Gasteiger partial charge in [0, 0.05) is 36.4 Å². The second-order valence-electron chi connectivity index (χ2n) is 5.97. The second kappa shape index (κ2) is 8.15. The number of benzene rings is 2. The Bertz CT molecular complexity index is 776. The number of carbonyl (C=O) groups is 2. The molecule has 0 spiro atoms. The van der Waals surface area contributed by atoms with Crippen molar-refractivity contribution >= 4 is 11.6 Å². The van der Waals surface area contributed by atoms with Crippen LogP contribution in [0.15, 0.2) is 85.2 Å². The molecule has 0 N–H and O–H groups in total. The lowest BCUT2D eigenvalue weighted by atomic mass is 9.87. The molecule has 0 atom stereocenters. The molecule has 0 saturated carbocycles. The first-order valence-electron chi connectivity index (χ1n) is 8.30. The quantitative estimate of drug-likeness (QED) is 0.590. The lowest BCUT2D eigenvalue weighted by molar-refractivity contribution is 0.0944. The van der Waals surface area contributed by atoms with Crippen LogP contribution in [-0.4, -0.2) is 16.6 Å². The van der Waals surface area contributed by atoms with Gasteiger partial charge in [-0.3, -0.25) is 14.6 Å². The minimum absolute atomic E-state index is 0.0373. The summed E-state index contributed by atoms with van der Waals surface area (Å²) in [6, 6.07) is 22.2. The zero-order valence-electron chi connectivity index (χ0n) is 13.8. The van der Waals surface area contributed by atoms with Crippen LogP contribution >= 0.6 is 0 Å². The molecule has 0 amide bonds. The van der Waals surface area contributed by atoms with Crippen LogP contribution in [0.2, 0.25) is 0 Å². The van der Waals surface area contributed by atoms with Gasteiger partial charge in [-0.1, -0.05) is 66.7 Å². The van der Waals surface area contributed by atoms with Crippen molar-refractivity contribution in [3.05, 3.63) is 102 Å². The van der Waals surface area contributed by atoms with Crippen molar-refractivity contribution in [3.8, 4) is 0 Å². The van der Waals surface area contributed by atoms with Gasteiger partial charge in [-0.2, -0.15) is 0 Å². The summed E-state index contributed by atoms with van der Waals surface area (Å²) in [5, 5.41) is 0. The molecule has 0 unspecified atom stereocenters. The van der Waals surface area contributed by atoms with E-state index in [1.807, 2.05) is 72.8 Å². The molecule has 0 aliphatic heterocycles. The Morgan fingerprint density at radius 3 is 1.68 bits per heavy atom. The Morgan fingerprint density at radius 2 is 1.24 bits per heavy atom. The monoisotopic (exact) mass is 329 g/mol. The van der Waals surface area contributed by atoms with E-state index in [2.05, 4.69) is 4.98 Å². The van der Waals surface area contributed by atoms with Gasteiger partial charge in [0.2, 0.25) is 0 Å². The molecule has 1 heterocycles. The Balaban J connectivity index is 1.81. The van der Waals surface area contributed by atoms with Crippen LogP contribution in [0.1, 0.15) is 45.0 Å². The highest BCUT2D eigenvalue weighted by Gasteiger charge is 2.21. The van der Waals surface area contributed by atoms with E-state index in [9.17, 15) is 9.59 Å². The van der Waals surface area contributed by atoms with Gasteiger partial charge in [0.25, 0.3) is 0 Å².